The van der Waals surface area contributed by atoms with Crippen LogP contribution in [0, 0.1) is 0 Å². The summed E-state index contributed by atoms with van der Waals surface area (Å²) >= 11 is 7.07. The second-order valence-electron chi connectivity index (χ2n) is 5.57. The van der Waals surface area contributed by atoms with Gasteiger partial charge in [-0.15, -0.1) is 0 Å². The van der Waals surface area contributed by atoms with Gasteiger partial charge in [-0.25, -0.2) is 15.0 Å². The lowest BCUT2D eigenvalue weighted by atomic mass is 10.1. The summed E-state index contributed by atoms with van der Waals surface area (Å²) in [6, 6.07) is 16.0. The molecule has 3 rings (SSSR count). The zero-order valence-electron chi connectivity index (χ0n) is 14.4. The van der Waals surface area contributed by atoms with Gasteiger partial charge in [0.15, 0.2) is 17.5 Å². The Morgan fingerprint density at radius 3 is 2.00 bits per heavy atom. The van der Waals surface area contributed by atoms with Crippen molar-refractivity contribution >= 4 is 37.4 Å². The molecule has 3 nitrogen and oxygen atoms in total. The van der Waals surface area contributed by atoms with Crippen molar-refractivity contribution in [3.63, 3.8) is 0 Å². The number of allylic oxidation sites excluding steroid dienone is 4. The summed E-state index contributed by atoms with van der Waals surface area (Å²) in [7, 11) is 0. The van der Waals surface area contributed by atoms with Crippen LogP contribution in [0.1, 0.15) is 19.7 Å². The van der Waals surface area contributed by atoms with Crippen LogP contribution in [0.4, 0.5) is 0 Å². The number of benzene rings is 2. The summed E-state index contributed by atoms with van der Waals surface area (Å²) in [5.41, 5.74) is 2.84. The Morgan fingerprint density at radius 1 is 0.808 bits per heavy atom. The van der Waals surface area contributed by atoms with Gasteiger partial charge in [-0.2, -0.15) is 0 Å². The molecule has 0 saturated carbocycles. The third kappa shape index (κ3) is 4.34. The van der Waals surface area contributed by atoms with E-state index < -0.39 is 0 Å². The molecule has 0 unspecified atom stereocenters. The van der Waals surface area contributed by atoms with Crippen LogP contribution in [0.3, 0.4) is 0 Å². The molecule has 2 aromatic carbocycles. The van der Waals surface area contributed by atoms with Crippen molar-refractivity contribution in [1.29, 1.82) is 0 Å². The van der Waals surface area contributed by atoms with E-state index in [1.165, 1.54) is 0 Å². The molecular formula is C21H17Br2N3. The van der Waals surface area contributed by atoms with E-state index in [-0.39, 0.29) is 0 Å². The average Bonchev–Trinajstić information content (AvgIpc) is 2.65. The molecule has 0 aliphatic heterocycles. The molecule has 0 amide bonds. The Labute approximate surface area is 170 Å². The first-order valence-corrected chi connectivity index (χ1v) is 9.76. The highest BCUT2D eigenvalue weighted by molar-refractivity contribution is 9.11. The van der Waals surface area contributed by atoms with Crippen LogP contribution in [0.2, 0.25) is 0 Å². The maximum Gasteiger partial charge on any atom is 0.164 e. The fourth-order valence-corrected chi connectivity index (χ4v) is 3.81. The van der Waals surface area contributed by atoms with Crippen molar-refractivity contribution in [3.05, 3.63) is 81.5 Å². The summed E-state index contributed by atoms with van der Waals surface area (Å²) in [5.74, 6) is 1.95. The third-order valence-corrected chi connectivity index (χ3v) is 4.62. The van der Waals surface area contributed by atoms with Gasteiger partial charge in [-0.1, -0.05) is 80.4 Å². The Balaban J connectivity index is 2.23. The quantitative estimate of drug-likeness (QED) is 0.397. The van der Waals surface area contributed by atoms with Crippen molar-refractivity contribution < 1.29 is 0 Å². The molecule has 1 heterocycles. The minimum Gasteiger partial charge on any atom is -0.208 e. The first-order valence-electron chi connectivity index (χ1n) is 8.18. The summed E-state index contributed by atoms with van der Waals surface area (Å²) in [5, 5.41) is 0. The molecule has 0 aliphatic carbocycles. The van der Waals surface area contributed by atoms with Gasteiger partial charge in [0.2, 0.25) is 0 Å². The van der Waals surface area contributed by atoms with Gasteiger partial charge in [0.25, 0.3) is 0 Å². The maximum atomic E-state index is 4.72. The van der Waals surface area contributed by atoms with Crippen LogP contribution >= 0.6 is 31.9 Å². The smallest absolute Gasteiger partial charge is 0.164 e. The van der Waals surface area contributed by atoms with E-state index in [0.29, 0.717) is 17.5 Å². The highest BCUT2D eigenvalue weighted by Gasteiger charge is 2.13. The van der Waals surface area contributed by atoms with Crippen molar-refractivity contribution in [2.75, 3.05) is 0 Å². The van der Waals surface area contributed by atoms with E-state index in [4.69, 9.17) is 15.0 Å². The molecular weight excluding hydrogens is 454 g/mol. The van der Waals surface area contributed by atoms with E-state index in [9.17, 15) is 0 Å². The number of hydrogen-bond acceptors (Lipinski definition) is 3. The number of nitrogens with zero attached hydrogens (tertiary/aromatic N) is 3. The van der Waals surface area contributed by atoms with Gasteiger partial charge >= 0.3 is 0 Å². The van der Waals surface area contributed by atoms with E-state index in [0.717, 1.165) is 25.6 Å². The molecule has 0 spiro atoms. The van der Waals surface area contributed by atoms with Crippen LogP contribution in [0.25, 0.3) is 28.3 Å². The number of hydrogen-bond donors (Lipinski definition) is 0. The van der Waals surface area contributed by atoms with E-state index >= 15 is 0 Å². The summed E-state index contributed by atoms with van der Waals surface area (Å²) in [4.78, 5) is 14.1. The van der Waals surface area contributed by atoms with Crippen LogP contribution in [-0.2, 0) is 0 Å². The molecule has 26 heavy (non-hydrogen) atoms. The molecule has 0 N–H and O–H groups in total. The van der Waals surface area contributed by atoms with Crippen LogP contribution in [0.15, 0.2) is 75.7 Å². The van der Waals surface area contributed by atoms with Crippen molar-refractivity contribution in [2.45, 2.75) is 13.8 Å². The lowest BCUT2D eigenvalue weighted by molar-refractivity contribution is 1.04. The molecule has 130 valence electrons. The number of halogens is 2. The van der Waals surface area contributed by atoms with Crippen LogP contribution in [-0.4, -0.2) is 15.0 Å². The molecule has 0 saturated heterocycles. The van der Waals surface area contributed by atoms with Gasteiger partial charge in [-0.3, -0.25) is 0 Å². The minimum atomic E-state index is 0.639. The van der Waals surface area contributed by atoms with Gasteiger partial charge in [0.05, 0.1) is 0 Å². The third-order valence-electron chi connectivity index (χ3n) is 3.70. The molecule has 1 aromatic heterocycles. The van der Waals surface area contributed by atoms with Gasteiger partial charge < -0.3 is 0 Å². The Bertz CT molecular complexity index is 960. The second kappa shape index (κ2) is 8.52. The first kappa shape index (κ1) is 18.7. The highest BCUT2D eigenvalue weighted by Crippen LogP contribution is 2.28. The lowest BCUT2D eigenvalue weighted by Gasteiger charge is -2.09. The Morgan fingerprint density at radius 2 is 1.42 bits per heavy atom. The lowest BCUT2D eigenvalue weighted by Crippen LogP contribution is -2.02. The zero-order chi connectivity index (χ0) is 18.5. The highest BCUT2D eigenvalue weighted by atomic mass is 79.9. The topological polar surface area (TPSA) is 38.7 Å². The molecule has 0 fully saturated rings. The number of rotatable bonds is 4. The largest absolute Gasteiger partial charge is 0.208 e. The van der Waals surface area contributed by atoms with Gasteiger partial charge in [0, 0.05) is 25.6 Å². The van der Waals surface area contributed by atoms with Crippen molar-refractivity contribution in [2.24, 2.45) is 0 Å². The van der Waals surface area contributed by atoms with E-state index in [1.807, 2.05) is 80.6 Å². The van der Waals surface area contributed by atoms with Crippen molar-refractivity contribution in [3.8, 4) is 22.8 Å². The van der Waals surface area contributed by atoms with E-state index in [1.54, 1.807) is 0 Å². The van der Waals surface area contributed by atoms with Crippen LogP contribution in [0.5, 0.6) is 0 Å². The Hall–Kier alpha value is -2.11. The molecule has 0 atom stereocenters. The maximum absolute atomic E-state index is 4.72. The Kier molecular flexibility index (Phi) is 6.12. The summed E-state index contributed by atoms with van der Waals surface area (Å²) in [6.07, 6.45) is 5.99. The van der Waals surface area contributed by atoms with Crippen LogP contribution < -0.4 is 0 Å². The predicted octanol–water partition coefficient (Wildman–Crippen LogP) is 6.71. The second-order valence-corrected chi connectivity index (χ2v) is 7.41. The fourth-order valence-electron chi connectivity index (χ4n) is 2.51. The SMILES string of the molecule is C/C=C\C(=C/C)c1nc(-c2ccccc2)nc(-c2cc(Br)cc(Br)c2)n1. The molecule has 0 bridgehead atoms. The molecule has 5 heteroatoms. The fraction of sp³-hybridized carbons (Fsp3) is 0.0952. The molecule has 0 radical (unpaired) electrons. The monoisotopic (exact) mass is 469 g/mol. The molecule has 0 aliphatic rings. The standard InChI is InChI=1S/C21H17Br2N3/c1-3-8-14(4-2)19-24-20(15-9-6-5-7-10-15)26-21(25-19)16-11-17(22)13-18(23)12-16/h3-13H,1-2H3/b8-3-,14-4+. The van der Waals surface area contributed by atoms with Crippen molar-refractivity contribution in [1.82, 2.24) is 15.0 Å². The van der Waals surface area contributed by atoms with E-state index in [2.05, 4.69) is 31.9 Å². The number of aromatic nitrogens is 3. The molecule has 3 aromatic rings. The zero-order valence-corrected chi connectivity index (χ0v) is 17.6. The summed E-state index contributed by atoms with van der Waals surface area (Å²) in [6.45, 7) is 3.96. The first-order chi connectivity index (χ1) is 12.6. The average molecular weight is 471 g/mol. The van der Waals surface area contributed by atoms with Gasteiger partial charge in [-0.05, 0) is 32.0 Å². The predicted molar refractivity (Wildman–Crippen MR) is 115 cm³/mol. The van der Waals surface area contributed by atoms with Gasteiger partial charge in [0.1, 0.15) is 0 Å². The minimum absolute atomic E-state index is 0.639. The normalized spacial score (nSPS) is 11.9. The summed E-state index contributed by atoms with van der Waals surface area (Å²) < 4.78 is 1.93.